The predicted molar refractivity (Wildman–Crippen MR) is 66.6 cm³/mol. The summed E-state index contributed by atoms with van der Waals surface area (Å²) in [5.41, 5.74) is 5.00. The van der Waals surface area contributed by atoms with Gasteiger partial charge in [-0.05, 0) is 38.1 Å². The number of carbonyl (C=O) groups is 1. The van der Waals surface area contributed by atoms with Crippen LogP contribution in [-0.2, 0) is 14.8 Å². The molecule has 1 aromatic rings. The van der Waals surface area contributed by atoms with Gasteiger partial charge < -0.3 is 10.5 Å². The molecule has 18 heavy (non-hydrogen) atoms. The molecule has 0 aliphatic carbocycles. The van der Waals surface area contributed by atoms with Crippen LogP contribution in [0.25, 0.3) is 0 Å². The van der Waals surface area contributed by atoms with Crippen molar-refractivity contribution < 1.29 is 17.9 Å². The molecule has 0 bridgehead atoms. The van der Waals surface area contributed by atoms with E-state index in [1.807, 2.05) is 6.92 Å². The van der Waals surface area contributed by atoms with Crippen LogP contribution in [0.5, 0.6) is 5.75 Å². The molecular formula is C11H16N2O4S. The van der Waals surface area contributed by atoms with Crippen LogP contribution in [-0.4, -0.2) is 27.0 Å². The molecule has 1 atom stereocenters. The molecule has 0 aromatic heterocycles. The number of ether oxygens (including phenoxy) is 1. The van der Waals surface area contributed by atoms with E-state index >= 15 is 0 Å². The first-order valence-electron chi connectivity index (χ1n) is 5.41. The molecule has 0 fully saturated rings. The highest BCUT2D eigenvalue weighted by Crippen LogP contribution is 2.16. The zero-order valence-corrected chi connectivity index (χ0v) is 11.0. The van der Waals surface area contributed by atoms with Gasteiger partial charge in [-0.25, -0.2) is 8.42 Å². The largest absolute Gasteiger partial charge is 0.494 e. The normalized spacial score (nSPS) is 13.0. The smallest absolute Gasteiger partial charge is 0.241 e. The maximum Gasteiger partial charge on any atom is 0.241 e. The van der Waals surface area contributed by atoms with Gasteiger partial charge in [0.2, 0.25) is 15.9 Å². The molecule has 0 aliphatic heterocycles. The fourth-order valence-electron chi connectivity index (χ4n) is 1.24. The Labute approximate surface area is 106 Å². The summed E-state index contributed by atoms with van der Waals surface area (Å²) in [6.45, 7) is 3.72. The Bertz CT molecular complexity index is 510. The van der Waals surface area contributed by atoms with Crippen molar-refractivity contribution in [2.45, 2.75) is 24.8 Å². The number of hydrogen-bond donors (Lipinski definition) is 2. The third-order valence-electron chi connectivity index (χ3n) is 2.20. The van der Waals surface area contributed by atoms with Gasteiger partial charge in [0, 0.05) is 0 Å². The van der Waals surface area contributed by atoms with Gasteiger partial charge in [0.05, 0.1) is 17.5 Å². The van der Waals surface area contributed by atoms with Crippen LogP contribution < -0.4 is 15.2 Å². The summed E-state index contributed by atoms with van der Waals surface area (Å²) in [5.74, 6) is -0.149. The molecule has 6 nitrogen and oxygen atoms in total. The standard InChI is InChI=1S/C11H16N2O4S/c1-3-17-9-4-6-10(7-5-9)18(15,16)13-8(2)11(12)14/h4-8,13H,3H2,1-2H3,(H2,12,14). The van der Waals surface area contributed by atoms with E-state index in [9.17, 15) is 13.2 Å². The van der Waals surface area contributed by atoms with Gasteiger partial charge in [-0.2, -0.15) is 4.72 Å². The van der Waals surface area contributed by atoms with Crippen molar-refractivity contribution in [3.8, 4) is 5.75 Å². The van der Waals surface area contributed by atoms with Crippen LogP contribution in [0.2, 0.25) is 0 Å². The summed E-state index contributed by atoms with van der Waals surface area (Å²) in [4.78, 5) is 10.9. The van der Waals surface area contributed by atoms with Gasteiger partial charge in [-0.3, -0.25) is 4.79 Å². The van der Waals surface area contributed by atoms with Crippen molar-refractivity contribution in [3.05, 3.63) is 24.3 Å². The Balaban J connectivity index is 2.88. The lowest BCUT2D eigenvalue weighted by molar-refractivity contribution is -0.119. The summed E-state index contributed by atoms with van der Waals surface area (Å²) < 4.78 is 31.1. The molecule has 0 saturated heterocycles. The zero-order valence-electron chi connectivity index (χ0n) is 10.2. The fourth-order valence-corrected chi connectivity index (χ4v) is 2.45. The third-order valence-corrected chi connectivity index (χ3v) is 3.76. The molecule has 100 valence electrons. The summed E-state index contributed by atoms with van der Waals surface area (Å²) in [5, 5.41) is 0. The number of hydrogen-bond acceptors (Lipinski definition) is 4. The molecule has 0 radical (unpaired) electrons. The van der Waals surface area contributed by atoms with E-state index in [0.717, 1.165) is 0 Å². The van der Waals surface area contributed by atoms with Crippen molar-refractivity contribution in [2.75, 3.05) is 6.61 Å². The van der Waals surface area contributed by atoms with Gasteiger partial charge in [-0.15, -0.1) is 0 Å². The summed E-state index contributed by atoms with van der Waals surface area (Å²) >= 11 is 0. The minimum absolute atomic E-state index is 0.0547. The summed E-state index contributed by atoms with van der Waals surface area (Å²) in [7, 11) is -3.74. The minimum atomic E-state index is -3.74. The molecular weight excluding hydrogens is 256 g/mol. The van der Waals surface area contributed by atoms with E-state index in [1.165, 1.54) is 19.1 Å². The van der Waals surface area contributed by atoms with Crippen molar-refractivity contribution in [1.82, 2.24) is 4.72 Å². The van der Waals surface area contributed by atoms with E-state index in [-0.39, 0.29) is 4.90 Å². The Hall–Kier alpha value is -1.60. The lowest BCUT2D eigenvalue weighted by Gasteiger charge is -2.11. The molecule has 7 heteroatoms. The van der Waals surface area contributed by atoms with Gasteiger partial charge in [0.15, 0.2) is 0 Å². The van der Waals surface area contributed by atoms with Gasteiger partial charge in [-0.1, -0.05) is 0 Å². The van der Waals surface area contributed by atoms with Gasteiger partial charge in [0.25, 0.3) is 0 Å². The van der Waals surface area contributed by atoms with Crippen LogP contribution in [0.4, 0.5) is 0 Å². The molecule has 1 aromatic carbocycles. The fraction of sp³-hybridized carbons (Fsp3) is 0.364. The maximum atomic E-state index is 11.9. The number of amides is 1. The quantitative estimate of drug-likeness (QED) is 0.774. The van der Waals surface area contributed by atoms with Crippen LogP contribution in [0.3, 0.4) is 0 Å². The van der Waals surface area contributed by atoms with Crippen LogP contribution in [0.15, 0.2) is 29.2 Å². The molecule has 1 amide bonds. The molecule has 1 rings (SSSR count). The van der Waals surface area contributed by atoms with E-state index in [1.54, 1.807) is 12.1 Å². The molecule has 0 heterocycles. The van der Waals surface area contributed by atoms with Crippen molar-refractivity contribution in [1.29, 1.82) is 0 Å². The Morgan fingerprint density at radius 2 is 1.94 bits per heavy atom. The number of carbonyl (C=O) groups excluding carboxylic acids is 1. The number of nitrogens with two attached hydrogens (primary N) is 1. The first kappa shape index (κ1) is 14.5. The van der Waals surface area contributed by atoms with Crippen molar-refractivity contribution in [3.63, 3.8) is 0 Å². The Morgan fingerprint density at radius 3 is 2.39 bits per heavy atom. The minimum Gasteiger partial charge on any atom is -0.494 e. The zero-order chi connectivity index (χ0) is 13.8. The maximum absolute atomic E-state index is 11.9. The Kier molecular flexibility index (Phi) is 4.69. The van der Waals surface area contributed by atoms with E-state index in [4.69, 9.17) is 10.5 Å². The monoisotopic (exact) mass is 272 g/mol. The number of nitrogens with one attached hydrogen (secondary N) is 1. The molecule has 3 N–H and O–H groups in total. The summed E-state index contributed by atoms with van der Waals surface area (Å²) in [6.07, 6.45) is 0. The number of sulfonamides is 1. The first-order chi connectivity index (χ1) is 8.36. The summed E-state index contributed by atoms with van der Waals surface area (Å²) in [6, 6.07) is 4.95. The van der Waals surface area contributed by atoms with E-state index in [0.29, 0.717) is 12.4 Å². The Morgan fingerprint density at radius 1 is 1.39 bits per heavy atom. The van der Waals surface area contributed by atoms with Crippen molar-refractivity contribution in [2.24, 2.45) is 5.73 Å². The average molecular weight is 272 g/mol. The average Bonchev–Trinajstić information content (AvgIpc) is 2.29. The van der Waals surface area contributed by atoms with E-state index < -0.39 is 22.0 Å². The number of primary amides is 1. The highest BCUT2D eigenvalue weighted by molar-refractivity contribution is 7.89. The second-order valence-corrected chi connectivity index (χ2v) is 5.36. The van der Waals surface area contributed by atoms with Gasteiger partial charge >= 0.3 is 0 Å². The van der Waals surface area contributed by atoms with Gasteiger partial charge in [0.1, 0.15) is 5.75 Å². The highest BCUT2D eigenvalue weighted by Gasteiger charge is 2.20. The highest BCUT2D eigenvalue weighted by atomic mass is 32.2. The van der Waals surface area contributed by atoms with Crippen LogP contribution >= 0.6 is 0 Å². The number of benzene rings is 1. The topological polar surface area (TPSA) is 98.5 Å². The number of rotatable bonds is 6. The predicted octanol–water partition coefficient (Wildman–Crippen LogP) is 0.237. The molecule has 0 saturated carbocycles. The first-order valence-corrected chi connectivity index (χ1v) is 6.89. The van der Waals surface area contributed by atoms with Crippen LogP contribution in [0.1, 0.15) is 13.8 Å². The lowest BCUT2D eigenvalue weighted by Crippen LogP contribution is -2.42. The third kappa shape index (κ3) is 3.71. The molecule has 1 unspecified atom stereocenters. The lowest BCUT2D eigenvalue weighted by atomic mass is 10.3. The SMILES string of the molecule is CCOc1ccc(S(=O)(=O)NC(C)C(N)=O)cc1. The second-order valence-electron chi connectivity index (χ2n) is 3.65. The second kappa shape index (κ2) is 5.83. The van der Waals surface area contributed by atoms with E-state index in [2.05, 4.69) is 4.72 Å². The van der Waals surface area contributed by atoms with Crippen molar-refractivity contribution >= 4 is 15.9 Å². The molecule has 0 aliphatic rings. The van der Waals surface area contributed by atoms with Crippen LogP contribution in [0, 0.1) is 0 Å². The molecule has 0 spiro atoms.